The number of carbonyl (C=O) groups is 3. The van der Waals surface area contributed by atoms with E-state index in [0.717, 1.165) is 27.6 Å². The van der Waals surface area contributed by atoms with Crippen LogP contribution in [-0.4, -0.2) is 63.3 Å². The number of nitrogens with one attached hydrogen (secondary N) is 1. The average molecular weight is 491 g/mol. The molecular weight excluding hydrogens is 464 g/mol. The molecule has 0 aliphatic carbocycles. The molecule has 1 aromatic heterocycles. The standard InChI is InChI=1S/C27H26N2O7/c1-36-23-11-9-19-13-18(8-10-21(19)29-23)16-4-6-17(7-5-16)20-3-2-12-28-25(20)22(30)14-27(35,26(33)34)15-24(31)32/h3-11,13,25,28,35H,2,12,14-15H2,1H3,(H,31,32)(H,33,34). The van der Waals surface area contributed by atoms with E-state index in [0.29, 0.717) is 24.4 Å². The zero-order valence-electron chi connectivity index (χ0n) is 19.6. The number of benzene rings is 2. The minimum atomic E-state index is -2.67. The largest absolute Gasteiger partial charge is 0.481 e. The first kappa shape index (κ1) is 25.0. The van der Waals surface area contributed by atoms with E-state index >= 15 is 0 Å². The molecule has 3 aromatic rings. The van der Waals surface area contributed by atoms with E-state index < -0.39 is 42.2 Å². The third-order valence-corrected chi connectivity index (χ3v) is 6.22. The average Bonchev–Trinajstić information content (AvgIpc) is 2.87. The van der Waals surface area contributed by atoms with Crippen molar-refractivity contribution < 1.29 is 34.4 Å². The number of ether oxygens (including phenoxy) is 1. The van der Waals surface area contributed by atoms with Crippen LogP contribution < -0.4 is 10.1 Å². The topological polar surface area (TPSA) is 146 Å². The number of aromatic nitrogens is 1. The van der Waals surface area contributed by atoms with Crippen LogP contribution in [0.5, 0.6) is 5.88 Å². The number of hydrogen-bond donors (Lipinski definition) is 4. The van der Waals surface area contributed by atoms with Crippen LogP contribution in [0.2, 0.25) is 0 Å². The van der Waals surface area contributed by atoms with Gasteiger partial charge in [0.1, 0.15) is 0 Å². The Labute approximate surface area is 207 Å². The molecule has 2 heterocycles. The van der Waals surface area contributed by atoms with Crippen molar-refractivity contribution in [2.45, 2.75) is 30.9 Å². The maximum Gasteiger partial charge on any atom is 0.336 e. The number of pyridine rings is 1. The highest BCUT2D eigenvalue weighted by molar-refractivity contribution is 6.01. The van der Waals surface area contributed by atoms with Gasteiger partial charge in [0.05, 0.1) is 25.1 Å². The molecule has 2 unspecified atom stereocenters. The molecule has 2 aromatic carbocycles. The normalized spacial score (nSPS) is 17.2. The molecule has 0 spiro atoms. The summed E-state index contributed by atoms with van der Waals surface area (Å²) in [7, 11) is 1.57. The Kier molecular flexibility index (Phi) is 7.14. The van der Waals surface area contributed by atoms with Crippen LogP contribution in [-0.2, 0) is 14.4 Å². The Bertz CT molecular complexity index is 1350. The summed E-state index contributed by atoms with van der Waals surface area (Å²) < 4.78 is 5.17. The summed E-state index contributed by atoms with van der Waals surface area (Å²) in [6.45, 7) is 0.498. The summed E-state index contributed by atoms with van der Waals surface area (Å²) in [5.41, 5.74) is 1.53. The van der Waals surface area contributed by atoms with Gasteiger partial charge in [0.15, 0.2) is 11.4 Å². The van der Waals surface area contributed by atoms with Crippen LogP contribution in [0, 0.1) is 0 Å². The van der Waals surface area contributed by atoms with Gasteiger partial charge in [0.25, 0.3) is 0 Å². The van der Waals surface area contributed by atoms with Gasteiger partial charge in [-0.3, -0.25) is 9.59 Å². The number of carbonyl (C=O) groups excluding carboxylic acids is 1. The molecule has 1 aliphatic rings. The van der Waals surface area contributed by atoms with Crippen LogP contribution in [0.15, 0.2) is 60.7 Å². The molecule has 9 nitrogen and oxygen atoms in total. The SMILES string of the molecule is COc1ccc2cc(-c3ccc(C4=CCCNC4C(=O)CC(O)(CC(=O)O)C(=O)O)cc3)ccc2n1. The zero-order chi connectivity index (χ0) is 25.9. The van der Waals surface area contributed by atoms with Gasteiger partial charge in [0, 0.05) is 17.9 Å². The van der Waals surface area contributed by atoms with Crippen molar-refractivity contribution in [2.24, 2.45) is 0 Å². The third-order valence-electron chi connectivity index (χ3n) is 6.22. The van der Waals surface area contributed by atoms with E-state index in [4.69, 9.17) is 9.84 Å². The molecule has 0 saturated carbocycles. The quantitative estimate of drug-likeness (QED) is 0.356. The minimum Gasteiger partial charge on any atom is -0.481 e. The van der Waals surface area contributed by atoms with Crippen molar-refractivity contribution in [2.75, 3.05) is 13.7 Å². The van der Waals surface area contributed by atoms with Gasteiger partial charge in [-0.2, -0.15) is 0 Å². The van der Waals surface area contributed by atoms with Crippen LogP contribution in [0.3, 0.4) is 0 Å². The Hall–Kier alpha value is -4.08. The second kappa shape index (κ2) is 10.3. The van der Waals surface area contributed by atoms with Gasteiger partial charge in [-0.05, 0) is 53.4 Å². The lowest BCUT2D eigenvalue weighted by Gasteiger charge is -2.28. The van der Waals surface area contributed by atoms with Crippen molar-refractivity contribution in [1.29, 1.82) is 0 Å². The molecule has 1 aliphatic heterocycles. The molecule has 0 saturated heterocycles. The smallest absolute Gasteiger partial charge is 0.336 e. The Morgan fingerprint density at radius 2 is 1.69 bits per heavy atom. The van der Waals surface area contributed by atoms with Crippen LogP contribution in [0.25, 0.3) is 27.6 Å². The highest BCUT2D eigenvalue weighted by Gasteiger charge is 2.42. The minimum absolute atomic E-state index is 0.498. The second-order valence-electron chi connectivity index (χ2n) is 8.72. The highest BCUT2D eigenvalue weighted by atomic mass is 16.5. The fraction of sp³-hybridized carbons (Fsp3) is 0.259. The number of carboxylic acid groups (broad SMARTS) is 2. The molecule has 4 rings (SSSR count). The first-order valence-electron chi connectivity index (χ1n) is 11.4. The second-order valence-corrected chi connectivity index (χ2v) is 8.72. The lowest BCUT2D eigenvalue weighted by Crippen LogP contribution is -2.48. The number of rotatable bonds is 9. The fourth-order valence-corrected chi connectivity index (χ4v) is 4.36. The number of methoxy groups -OCH3 is 1. The van der Waals surface area contributed by atoms with E-state index in [-0.39, 0.29) is 0 Å². The summed E-state index contributed by atoms with van der Waals surface area (Å²) in [5.74, 6) is -3.29. The van der Waals surface area contributed by atoms with Crippen molar-refractivity contribution in [1.82, 2.24) is 10.3 Å². The Morgan fingerprint density at radius 1 is 1.00 bits per heavy atom. The van der Waals surface area contributed by atoms with Crippen molar-refractivity contribution in [3.05, 3.63) is 66.2 Å². The van der Waals surface area contributed by atoms with Gasteiger partial charge in [0.2, 0.25) is 5.88 Å². The molecule has 0 radical (unpaired) electrons. The predicted octanol–water partition coefficient (Wildman–Crippen LogP) is 2.91. The van der Waals surface area contributed by atoms with Gasteiger partial charge in [-0.15, -0.1) is 0 Å². The maximum atomic E-state index is 13.0. The molecule has 4 N–H and O–H groups in total. The van der Waals surface area contributed by atoms with Crippen LogP contribution >= 0.6 is 0 Å². The molecule has 186 valence electrons. The molecule has 9 heteroatoms. The Morgan fingerprint density at radius 3 is 2.36 bits per heavy atom. The molecule has 0 amide bonds. The summed E-state index contributed by atoms with van der Waals surface area (Å²) >= 11 is 0. The monoisotopic (exact) mass is 490 g/mol. The van der Waals surface area contributed by atoms with Gasteiger partial charge >= 0.3 is 11.9 Å². The number of ketones is 1. The number of aliphatic carboxylic acids is 2. The van der Waals surface area contributed by atoms with E-state index in [2.05, 4.69) is 10.3 Å². The fourth-order valence-electron chi connectivity index (χ4n) is 4.36. The summed E-state index contributed by atoms with van der Waals surface area (Å²) in [5, 5.41) is 32.7. The summed E-state index contributed by atoms with van der Waals surface area (Å²) in [4.78, 5) is 40.0. The number of Topliss-reactive ketones (excluding diaryl/α,β-unsaturated/α-hetero) is 1. The van der Waals surface area contributed by atoms with Gasteiger partial charge < -0.3 is 25.4 Å². The molecule has 0 bridgehead atoms. The van der Waals surface area contributed by atoms with Gasteiger partial charge in [-0.25, -0.2) is 9.78 Å². The molecular formula is C27H26N2O7. The molecule has 36 heavy (non-hydrogen) atoms. The maximum absolute atomic E-state index is 13.0. The number of aliphatic hydroxyl groups is 1. The predicted molar refractivity (Wildman–Crippen MR) is 133 cm³/mol. The number of fused-ring (bicyclic) bond motifs is 1. The third kappa shape index (κ3) is 5.27. The Balaban J connectivity index is 1.56. The number of hydrogen-bond acceptors (Lipinski definition) is 7. The lowest BCUT2D eigenvalue weighted by molar-refractivity contribution is -0.167. The van der Waals surface area contributed by atoms with E-state index in [1.54, 1.807) is 13.2 Å². The zero-order valence-corrected chi connectivity index (χ0v) is 19.6. The first-order chi connectivity index (χ1) is 17.2. The van der Waals surface area contributed by atoms with Gasteiger partial charge in [-0.1, -0.05) is 36.4 Å². The highest BCUT2D eigenvalue weighted by Crippen LogP contribution is 2.30. The van der Waals surface area contributed by atoms with Crippen molar-refractivity contribution in [3.8, 4) is 17.0 Å². The van der Waals surface area contributed by atoms with E-state index in [1.165, 1.54) is 0 Å². The lowest BCUT2D eigenvalue weighted by atomic mass is 9.85. The van der Waals surface area contributed by atoms with E-state index in [1.807, 2.05) is 54.6 Å². The first-order valence-corrected chi connectivity index (χ1v) is 11.4. The molecule has 2 atom stereocenters. The number of carboxylic acids is 2. The van der Waals surface area contributed by atoms with Crippen molar-refractivity contribution >= 4 is 34.2 Å². The van der Waals surface area contributed by atoms with Crippen molar-refractivity contribution in [3.63, 3.8) is 0 Å². The molecule has 0 fully saturated rings. The number of nitrogens with zero attached hydrogens (tertiary/aromatic N) is 1. The van der Waals surface area contributed by atoms with E-state index in [9.17, 15) is 24.6 Å². The summed E-state index contributed by atoms with van der Waals surface area (Å²) in [6, 6.07) is 16.4. The van der Waals surface area contributed by atoms with Crippen LogP contribution in [0.4, 0.5) is 0 Å². The van der Waals surface area contributed by atoms with Crippen LogP contribution in [0.1, 0.15) is 24.8 Å². The summed E-state index contributed by atoms with van der Waals surface area (Å²) in [6.07, 6.45) is 0.681.